The molecule has 0 unspecified atom stereocenters. The Morgan fingerprint density at radius 2 is 0.452 bits per heavy atom. The van der Waals surface area contributed by atoms with Crippen molar-refractivity contribution in [3.63, 3.8) is 0 Å². The monoisotopic (exact) mass is 1070 g/mol. The van der Waals surface area contributed by atoms with Gasteiger partial charge in [-0.15, -0.1) is 0 Å². The van der Waals surface area contributed by atoms with Crippen LogP contribution >= 0.6 is 0 Å². The minimum Gasteiger partial charge on any atom is -0.309 e. The van der Waals surface area contributed by atoms with Crippen LogP contribution in [0.25, 0.3) is 165 Å². The lowest BCUT2D eigenvalue weighted by atomic mass is 9.94. The second-order valence-electron chi connectivity index (χ2n) is 22.1. The van der Waals surface area contributed by atoms with Gasteiger partial charge in [-0.3, -0.25) is 0 Å². The summed E-state index contributed by atoms with van der Waals surface area (Å²) in [4.78, 5) is 11.8. The van der Waals surface area contributed by atoms with Crippen molar-refractivity contribution in [2.24, 2.45) is 0 Å². The van der Waals surface area contributed by atoms with E-state index in [0.717, 1.165) is 117 Å². The van der Waals surface area contributed by atoms with Crippen LogP contribution < -0.4 is 0 Å². The van der Waals surface area contributed by atoms with Crippen molar-refractivity contribution in [1.29, 1.82) is 0 Å². The second kappa shape index (κ2) is 18.1. The van der Waals surface area contributed by atoms with Gasteiger partial charge in [0.2, 0.25) is 0 Å². The van der Waals surface area contributed by atoms with E-state index >= 15 is 0 Å². The molecule has 0 bridgehead atoms. The molecule has 0 atom stereocenters. The molecule has 0 spiro atoms. The van der Waals surface area contributed by atoms with Gasteiger partial charge in [0.05, 0.1) is 55.5 Å². The largest absolute Gasteiger partial charge is 0.309 e. The maximum Gasteiger partial charge on any atom is 0.160 e. The highest BCUT2D eigenvalue weighted by Crippen LogP contribution is 2.43. The van der Waals surface area contributed by atoms with Gasteiger partial charge in [0.1, 0.15) is 0 Å². The lowest BCUT2D eigenvalue weighted by Gasteiger charge is -2.18. The molecule has 0 N–H and O–H groups in total. The van der Waals surface area contributed by atoms with Crippen molar-refractivity contribution >= 4 is 109 Å². The zero-order chi connectivity index (χ0) is 55.0. The van der Waals surface area contributed by atoms with E-state index in [0.29, 0.717) is 5.82 Å². The fourth-order valence-corrected chi connectivity index (χ4v) is 13.9. The maximum atomic E-state index is 5.90. The van der Waals surface area contributed by atoms with Crippen LogP contribution in [0.15, 0.2) is 291 Å². The van der Waals surface area contributed by atoms with Crippen LogP contribution in [0, 0.1) is 0 Å². The smallest absolute Gasteiger partial charge is 0.160 e. The highest BCUT2D eigenvalue weighted by atomic mass is 15.0. The van der Waals surface area contributed by atoms with Gasteiger partial charge in [-0.2, -0.15) is 0 Å². The molecule has 0 radical (unpaired) electrons. The minimum absolute atomic E-state index is 0.616. The summed E-state index contributed by atoms with van der Waals surface area (Å²) in [6.45, 7) is 0. The third-order valence-corrected chi connectivity index (χ3v) is 17.5. The highest BCUT2D eigenvalue weighted by Gasteiger charge is 2.23. The first-order chi connectivity index (χ1) is 41.7. The molecule has 0 amide bonds. The summed E-state index contributed by atoms with van der Waals surface area (Å²) in [5.74, 6) is 0.616. The summed E-state index contributed by atoms with van der Waals surface area (Å²) >= 11 is 0. The van der Waals surface area contributed by atoms with Crippen molar-refractivity contribution in [2.45, 2.75) is 0 Å². The molecule has 18 aromatic rings. The van der Waals surface area contributed by atoms with Gasteiger partial charge in [0.25, 0.3) is 0 Å². The standard InChI is InChI=1S/C78H48N6/c1-3-23-57-49(21-1)41-50-22-2-4-24-58(50)77(57)68-48-67(51-42-53(81-69-33-13-5-25-59(69)60-26-6-14-34-70(60)81)46-54(43-51)82-71-35-15-7-27-61(71)62-28-8-16-36-72(62)82)79-78(80-68)52-44-55(83-73-37-17-9-29-63(73)64-30-10-18-38-74(64)83)47-56(45-52)84-75-39-19-11-31-65(75)66-32-12-20-40-76(66)84/h1-48H. The third kappa shape index (κ3) is 6.92. The van der Waals surface area contributed by atoms with E-state index in [9.17, 15) is 0 Å². The lowest BCUT2D eigenvalue weighted by Crippen LogP contribution is -2.03. The number of nitrogens with zero attached hydrogens (tertiary/aromatic N) is 6. The van der Waals surface area contributed by atoms with Crippen LogP contribution in [-0.4, -0.2) is 28.2 Å². The average Bonchev–Trinajstić information content (AvgIpc) is 3.74. The van der Waals surface area contributed by atoms with E-state index in [1.54, 1.807) is 0 Å². The normalized spacial score (nSPS) is 12.0. The maximum absolute atomic E-state index is 5.90. The number of hydrogen-bond donors (Lipinski definition) is 0. The molecule has 0 aliphatic rings. The molecule has 0 saturated heterocycles. The van der Waals surface area contributed by atoms with E-state index in [4.69, 9.17) is 9.97 Å². The summed E-state index contributed by atoms with van der Waals surface area (Å²) in [5, 5.41) is 14.1. The van der Waals surface area contributed by atoms with Gasteiger partial charge in [-0.05, 0) is 119 Å². The molecule has 0 aliphatic heterocycles. The molecule has 6 nitrogen and oxygen atoms in total. The van der Waals surface area contributed by atoms with Crippen molar-refractivity contribution in [1.82, 2.24) is 28.2 Å². The summed E-state index contributed by atoms with van der Waals surface area (Å²) in [6, 6.07) is 106. The van der Waals surface area contributed by atoms with Crippen molar-refractivity contribution in [3.8, 4) is 56.7 Å². The SMILES string of the molecule is c1ccc2c(-c3cc(-c4cc(-n5c6ccccc6c6ccccc65)cc(-n5c6ccccc6c6ccccc65)c4)nc(-c4cc(-n5c6ccccc6c6ccccc65)cc(-n5c6ccccc6c6ccccc65)c4)n3)c3ccccc3cc2c1. The Balaban J connectivity index is 0.980. The molecule has 0 aliphatic carbocycles. The van der Waals surface area contributed by atoms with Gasteiger partial charge in [-0.25, -0.2) is 9.97 Å². The number of fused-ring (bicyclic) bond motifs is 14. The summed E-state index contributed by atoms with van der Waals surface area (Å²) in [7, 11) is 0. The third-order valence-electron chi connectivity index (χ3n) is 17.5. The molecule has 5 aromatic heterocycles. The van der Waals surface area contributed by atoms with Crippen molar-refractivity contribution in [2.75, 3.05) is 0 Å². The molecule has 84 heavy (non-hydrogen) atoms. The first-order valence-electron chi connectivity index (χ1n) is 28.7. The number of hydrogen-bond acceptors (Lipinski definition) is 2. The first kappa shape index (κ1) is 46.4. The molecular formula is C78H48N6. The number of rotatable bonds is 7. The van der Waals surface area contributed by atoms with Crippen LogP contribution in [0.4, 0.5) is 0 Å². The molecule has 5 heterocycles. The van der Waals surface area contributed by atoms with E-state index in [1.807, 2.05) is 0 Å². The predicted molar refractivity (Wildman–Crippen MR) is 351 cm³/mol. The first-order valence-corrected chi connectivity index (χ1v) is 28.7. The molecule has 6 heteroatoms. The topological polar surface area (TPSA) is 45.5 Å². The molecule has 390 valence electrons. The Kier molecular flexibility index (Phi) is 9.99. The predicted octanol–water partition coefficient (Wildman–Crippen LogP) is 20.2. The Morgan fingerprint density at radius 3 is 0.762 bits per heavy atom. The molecule has 0 fully saturated rings. The van der Waals surface area contributed by atoms with Gasteiger partial charge < -0.3 is 18.3 Å². The van der Waals surface area contributed by atoms with Gasteiger partial charge in [0.15, 0.2) is 5.82 Å². The second-order valence-corrected chi connectivity index (χ2v) is 22.1. The molecule has 0 saturated carbocycles. The summed E-state index contributed by atoms with van der Waals surface area (Å²) < 4.78 is 9.70. The van der Waals surface area contributed by atoms with Gasteiger partial charge in [0, 0.05) is 82.5 Å². The fourth-order valence-electron chi connectivity index (χ4n) is 13.9. The Morgan fingerprint density at radius 1 is 0.202 bits per heavy atom. The summed E-state index contributed by atoms with van der Waals surface area (Å²) in [5.41, 5.74) is 17.7. The van der Waals surface area contributed by atoms with Gasteiger partial charge >= 0.3 is 0 Å². The Labute approximate surface area is 482 Å². The van der Waals surface area contributed by atoms with E-state index in [-0.39, 0.29) is 0 Å². The van der Waals surface area contributed by atoms with Crippen LogP contribution in [0.1, 0.15) is 0 Å². The number of benzene rings is 13. The minimum atomic E-state index is 0.616. The Hall–Kier alpha value is -11.3. The average molecular weight is 1070 g/mol. The van der Waals surface area contributed by atoms with Gasteiger partial charge in [-0.1, -0.05) is 194 Å². The lowest BCUT2D eigenvalue weighted by molar-refractivity contribution is 1.12. The molecule has 13 aromatic carbocycles. The van der Waals surface area contributed by atoms with Crippen molar-refractivity contribution in [3.05, 3.63) is 291 Å². The zero-order valence-electron chi connectivity index (χ0n) is 45.4. The van der Waals surface area contributed by atoms with Crippen LogP contribution in [-0.2, 0) is 0 Å². The van der Waals surface area contributed by atoms with E-state index in [1.165, 1.54) is 43.1 Å². The van der Waals surface area contributed by atoms with Crippen LogP contribution in [0.3, 0.4) is 0 Å². The highest BCUT2D eigenvalue weighted by molar-refractivity contribution is 6.15. The number of para-hydroxylation sites is 8. The van der Waals surface area contributed by atoms with Crippen LogP contribution in [0.5, 0.6) is 0 Å². The molecular weight excluding hydrogens is 1020 g/mol. The quantitative estimate of drug-likeness (QED) is 0.149. The molecule has 18 rings (SSSR count). The fraction of sp³-hybridized carbons (Fsp3) is 0. The van der Waals surface area contributed by atoms with E-state index < -0.39 is 0 Å². The summed E-state index contributed by atoms with van der Waals surface area (Å²) in [6.07, 6.45) is 0. The van der Waals surface area contributed by atoms with E-state index in [2.05, 4.69) is 309 Å². The zero-order valence-corrected chi connectivity index (χ0v) is 45.4. The Bertz CT molecular complexity index is 4950. The van der Waals surface area contributed by atoms with Crippen molar-refractivity contribution < 1.29 is 0 Å². The number of aromatic nitrogens is 6. The van der Waals surface area contributed by atoms with Crippen LogP contribution in [0.2, 0.25) is 0 Å².